The second-order valence-electron chi connectivity index (χ2n) is 3.12. The van der Waals surface area contributed by atoms with Crippen molar-refractivity contribution in [1.82, 2.24) is 0 Å². The van der Waals surface area contributed by atoms with Gasteiger partial charge in [-0.3, -0.25) is 4.57 Å². The van der Waals surface area contributed by atoms with E-state index in [2.05, 4.69) is 0 Å². The molecular formula is C8H16Cl3O4P. The molecule has 1 N–H and O–H groups in total. The smallest absolute Gasteiger partial charge is 0.363 e. The van der Waals surface area contributed by atoms with E-state index < -0.39 is 17.2 Å². The summed E-state index contributed by atoms with van der Waals surface area (Å²) in [6.07, 6.45) is 1.23. The Labute approximate surface area is 111 Å². The number of aliphatic hydroxyl groups is 1. The second-order valence-corrected chi connectivity index (χ2v) is 7.58. The molecule has 0 fully saturated rings. The van der Waals surface area contributed by atoms with E-state index in [4.69, 9.17) is 43.9 Å². The first kappa shape index (κ1) is 17.0. The Morgan fingerprint density at radius 1 is 1.19 bits per heavy atom. The van der Waals surface area contributed by atoms with Crippen molar-refractivity contribution in [2.45, 2.75) is 36.3 Å². The standard InChI is InChI=1S/C8H16Cl3O4P/c1-3-5-14-16(13,15-6-4-2)7(12)8(9,10)11/h7,12H,3-6H2,1-2H3. The molecule has 0 saturated carbocycles. The van der Waals surface area contributed by atoms with Crippen molar-refractivity contribution in [3.8, 4) is 0 Å². The summed E-state index contributed by atoms with van der Waals surface area (Å²) in [5.41, 5.74) is 0. The van der Waals surface area contributed by atoms with Gasteiger partial charge < -0.3 is 14.2 Å². The zero-order valence-corrected chi connectivity index (χ0v) is 12.3. The average Bonchev–Trinajstić information content (AvgIpc) is 2.21. The lowest BCUT2D eigenvalue weighted by atomic mass is 10.5. The van der Waals surface area contributed by atoms with Crippen molar-refractivity contribution >= 4 is 42.4 Å². The normalized spacial score (nSPS) is 15.1. The Hall–Kier alpha value is 0.980. The van der Waals surface area contributed by atoms with Crippen LogP contribution in [0.15, 0.2) is 0 Å². The Bertz CT molecular complexity index is 232. The molecule has 0 saturated heterocycles. The fourth-order valence-electron chi connectivity index (χ4n) is 0.795. The number of hydrogen-bond acceptors (Lipinski definition) is 4. The minimum Gasteiger partial charge on any atom is -0.377 e. The number of alkyl halides is 3. The summed E-state index contributed by atoms with van der Waals surface area (Å²) < 4.78 is 20.0. The minimum atomic E-state index is -3.81. The van der Waals surface area contributed by atoms with Crippen LogP contribution in [0.1, 0.15) is 26.7 Å². The van der Waals surface area contributed by atoms with Crippen LogP contribution in [-0.2, 0) is 13.6 Å². The maximum atomic E-state index is 12.1. The van der Waals surface area contributed by atoms with Gasteiger partial charge in [-0.2, -0.15) is 0 Å². The molecule has 0 aliphatic carbocycles. The number of rotatable bonds is 7. The molecular weight excluding hydrogens is 297 g/mol. The SMILES string of the molecule is CCCOP(=O)(OCCC)C(O)C(Cl)(Cl)Cl. The van der Waals surface area contributed by atoms with Gasteiger partial charge in [0.1, 0.15) is 0 Å². The average molecular weight is 314 g/mol. The van der Waals surface area contributed by atoms with Crippen LogP contribution in [-0.4, -0.2) is 28.0 Å². The molecule has 98 valence electrons. The van der Waals surface area contributed by atoms with Crippen LogP contribution in [0.2, 0.25) is 0 Å². The highest BCUT2D eigenvalue weighted by Crippen LogP contribution is 2.58. The van der Waals surface area contributed by atoms with E-state index in [1.54, 1.807) is 0 Å². The van der Waals surface area contributed by atoms with Gasteiger partial charge in [0.25, 0.3) is 0 Å². The summed E-state index contributed by atoms with van der Waals surface area (Å²) in [5.74, 6) is -1.79. The lowest BCUT2D eigenvalue weighted by molar-refractivity contribution is 0.143. The Balaban J connectivity index is 4.70. The van der Waals surface area contributed by atoms with Crippen LogP contribution in [0.5, 0.6) is 0 Å². The summed E-state index contributed by atoms with van der Waals surface area (Å²) in [5, 5.41) is 9.65. The molecule has 0 aromatic carbocycles. The van der Waals surface area contributed by atoms with Crippen molar-refractivity contribution in [2.24, 2.45) is 0 Å². The highest BCUT2D eigenvalue weighted by Gasteiger charge is 2.47. The van der Waals surface area contributed by atoms with E-state index in [1.807, 2.05) is 13.8 Å². The summed E-state index contributed by atoms with van der Waals surface area (Å²) in [6.45, 7) is 3.98. The molecule has 0 spiro atoms. The van der Waals surface area contributed by atoms with Crippen LogP contribution >= 0.6 is 42.4 Å². The van der Waals surface area contributed by atoms with E-state index in [9.17, 15) is 9.67 Å². The molecule has 0 aliphatic rings. The lowest BCUT2D eigenvalue weighted by Gasteiger charge is -2.27. The predicted molar refractivity (Wildman–Crippen MR) is 66.4 cm³/mol. The lowest BCUT2D eigenvalue weighted by Crippen LogP contribution is -2.27. The van der Waals surface area contributed by atoms with Crippen molar-refractivity contribution < 1.29 is 18.7 Å². The van der Waals surface area contributed by atoms with Gasteiger partial charge in [0, 0.05) is 0 Å². The van der Waals surface area contributed by atoms with E-state index in [-0.39, 0.29) is 13.2 Å². The van der Waals surface area contributed by atoms with Gasteiger partial charge in [0.05, 0.1) is 13.2 Å². The van der Waals surface area contributed by atoms with Crippen molar-refractivity contribution in [1.29, 1.82) is 0 Å². The Kier molecular flexibility index (Phi) is 7.88. The molecule has 0 heterocycles. The van der Waals surface area contributed by atoms with Crippen molar-refractivity contribution in [3.63, 3.8) is 0 Å². The molecule has 1 atom stereocenters. The summed E-state index contributed by atoms with van der Waals surface area (Å²) in [7, 11) is -3.81. The van der Waals surface area contributed by atoms with E-state index in [1.165, 1.54) is 0 Å². The molecule has 0 aromatic heterocycles. The number of hydrogen-bond donors (Lipinski definition) is 1. The zero-order chi connectivity index (χ0) is 12.8. The van der Waals surface area contributed by atoms with Gasteiger partial charge in [-0.15, -0.1) is 0 Å². The quantitative estimate of drug-likeness (QED) is 0.575. The van der Waals surface area contributed by atoms with E-state index >= 15 is 0 Å². The van der Waals surface area contributed by atoms with Crippen LogP contribution in [0.4, 0.5) is 0 Å². The third-order valence-electron chi connectivity index (χ3n) is 1.54. The molecule has 4 nitrogen and oxygen atoms in total. The molecule has 16 heavy (non-hydrogen) atoms. The predicted octanol–water partition coefficient (Wildman–Crippen LogP) is 3.72. The highest BCUT2D eigenvalue weighted by atomic mass is 35.6. The Morgan fingerprint density at radius 3 is 1.81 bits per heavy atom. The van der Waals surface area contributed by atoms with Crippen LogP contribution in [0.25, 0.3) is 0 Å². The first-order valence-electron chi connectivity index (χ1n) is 4.91. The molecule has 8 heteroatoms. The van der Waals surface area contributed by atoms with Gasteiger partial charge in [-0.05, 0) is 12.8 Å². The van der Waals surface area contributed by atoms with Crippen LogP contribution < -0.4 is 0 Å². The molecule has 0 bridgehead atoms. The van der Waals surface area contributed by atoms with Crippen molar-refractivity contribution in [3.05, 3.63) is 0 Å². The fraction of sp³-hybridized carbons (Fsp3) is 1.00. The third-order valence-corrected chi connectivity index (χ3v) is 4.69. The zero-order valence-electron chi connectivity index (χ0n) is 9.16. The molecule has 1 unspecified atom stereocenters. The van der Waals surface area contributed by atoms with Gasteiger partial charge in [-0.25, -0.2) is 0 Å². The van der Waals surface area contributed by atoms with Crippen LogP contribution in [0.3, 0.4) is 0 Å². The fourth-order valence-corrected chi connectivity index (χ4v) is 3.46. The molecule has 0 rings (SSSR count). The minimum absolute atomic E-state index is 0.165. The molecule has 0 radical (unpaired) electrons. The third kappa shape index (κ3) is 5.54. The highest BCUT2D eigenvalue weighted by molar-refractivity contribution is 7.55. The summed E-state index contributed by atoms with van der Waals surface area (Å²) in [6, 6.07) is 0. The summed E-state index contributed by atoms with van der Waals surface area (Å²) >= 11 is 16.4. The first-order valence-corrected chi connectivity index (χ1v) is 7.66. The molecule has 0 aromatic rings. The van der Waals surface area contributed by atoms with E-state index in [0.717, 1.165) is 0 Å². The largest absolute Gasteiger partial charge is 0.377 e. The van der Waals surface area contributed by atoms with Gasteiger partial charge in [0.2, 0.25) is 9.64 Å². The Morgan fingerprint density at radius 2 is 1.56 bits per heavy atom. The van der Waals surface area contributed by atoms with E-state index in [0.29, 0.717) is 12.8 Å². The maximum Gasteiger partial charge on any atom is 0.363 e. The summed E-state index contributed by atoms with van der Waals surface area (Å²) in [4.78, 5) is 0. The van der Waals surface area contributed by atoms with Crippen molar-refractivity contribution in [2.75, 3.05) is 13.2 Å². The number of halogens is 3. The monoisotopic (exact) mass is 312 g/mol. The topological polar surface area (TPSA) is 55.8 Å². The van der Waals surface area contributed by atoms with Crippen LogP contribution in [0, 0.1) is 0 Å². The maximum absolute atomic E-state index is 12.1. The van der Waals surface area contributed by atoms with Gasteiger partial charge in [-0.1, -0.05) is 48.7 Å². The number of aliphatic hydroxyl groups excluding tert-OH is 1. The van der Waals surface area contributed by atoms with Gasteiger partial charge >= 0.3 is 7.60 Å². The molecule has 0 amide bonds. The second kappa shape index (κ2) is 7.42. The van der Waals surface area contributed by atoms with Gasteiger partial charge in [0.15, 0.2) is 0 Å². The first-order chi connectivity index (χ1) is 7.28. The molecule has 0 aliphatic heterocycles.